The quantitative estimate of drug-likeness (QED) is 0.858. The number of rotatable bonds is 2. The number of halogens is 1. The second-order valence-electron chi connectivity index (χ2n) is 3.01. The van der Waals surface area contributed by atoms with Crippen molar-refractivity contribution in [2.75, 3.05) is 5.73 Å². The fourth-order valence-corrected chi connectivity index (χ4v) is 2.40. The van der Waals surface area contributed by atoms with Crippen LogP contribution in [0, 0.1) is 0 Å². The third-order valence-corrected chi connectivity index (χ3v) is 3.50. The van der Waals surface area contributed by atoms with Gasteiger partial charge in [-0.05, 0) is 23.6 Å². The number of nitrogens with two attached hydrogens (primary N) is 1. The van der Waals surface area contributed by atoms with Crippen LogP contribution in [0.4, 0.5) is 5.00 Å². The Kier molecular flexibility index (Phi) is 2.88. The SMILES string of the molecule is Nc1sccc1C(=O)c1ccccc1Br. The van der Waals surface area contributed by atoms with Gasteiger partial charge in [-0.25, -0.2) is 0 Å². The van der Waals surface area contributed by atoms with Gasteiger partial charge in [-0.15, -0.1) is 11.3 Å². The largest absolute Gasteiger partial charge is 0.390 e. The highest BCUT2D eigenvalue weighted by atomic mass is 79.9. The normalized spacial score (nSPS) is 10.2. The maximum absolute atomic E-state index is 12.0. The highest BCUT2D eigenvalue weighted by Gasteiger charge is 2.15. The van der Waals surface area contributed by atoms with E-state index < -0.39 is 0 Å². The standard InChI is InChI=1S/C11H8BrNOS/c12-9-4-2-1-3-7(9)10(14)8-5-6-15-11(8)13/h1-6H,13H2. The molecule has 1 aromatic carbocycles. The summed E-state index contributed by atoms with van der Waals surface area (Å²) in [6, 6.07) is 9.08. The maximum Gasteiger partial charge on any atom is 0.197 e. The Hall–Kier alpha value is -1.13. The fourth-order valence-electron chi connectivity index (χ4n) is 1.30. The van der Waals surface area contributed by atoms with Gasteiger partial charge in [-0.1, -0.05) is 28.1 Å². The van der Waals surface area contributed by atoms with Crippen molar-refractivity contribution in [3.05, 3.63) is 51.3 Å². The molecular formula is C11H8BrNOS. The number of carbonyl (C=O) groups excluding carboxylic acids is 1. The molecule has 1 aromatic heterocycles. The van der Waals surface area contributed by atoms with Crippen LogP contribution >= 0.6 is 27.3 Å². The number of hydrogen-bond acceptors (Lipinski definition) is 3. The molecular weight excluding hydrogens is 274 g/mol. The lowest BCUT2D eigenvalue weighted by molar-refractivity contribution is 0.103. The number of carbonyl (C=O) groups is 1. The minimum atomic E-state index is -0.0405. The first-order valence-electron chi connectivity index (χ1n) is 4.32. The first-order valence-corrected chi connectivity index (χ1v) is 5.99. The zero-order valence-corrected chi connectivity index (χ0v) is 10.1. The summed E-state index contributed by atoms with van der Waals surface area (Å²) >= 11 is 4.72. The van der Waals surface area contributed by atoms with Gasteiger partial charge < -0.3 is 5.73 Å². The lowest BCUT2D eigenvalue weighted by atomic mass is 10.1. The molecule has 0 spiro atoms. The summed E-state index contributed by atoms with van der Waals surface area (Å²) < 4.78 is 0.792. The number of benzene rings is 1. The Morgan fingerprint density at radius 2 is 1.93 bits per heavy atom. The molecule has 0 saturated carbocycles. The van der Waals surface area contributed by atoms with Crippen molar-refractivity contribution in [1.82, 2.24) is 0 Å². The molecule has 15 heavy (non-hydrogen) atoms. The summed E-state index contributed by atoms with van der Waals surface area (Å²) in [6.45, 7) is 0. The Balaban J connectivity index is 2.46. The molecule has 0 bridgehead atoms. The summed E-state index contributed by atoms with van der Waals surface area (Å²) in [5, 5.41) is 2.38. The van der Waals surface area contributed by atoms with Crippen LogP contribution in [0.15, 0.2) is 40.2 Å². The topological polar surface area (TPSA) is 43.1 Å². The van der Waals surface area contributed by atoms with Gasteiger partial charge in [0.05, 0.1) is 10.6 Å². The van der Waals surface area contributed by atoms with Crippen molar-refractivity contribution in [1.29, 1.82) is 0 Å². The van der Waals surface area contributed by atoms with E-state index >= 15 is 0 Å². The number of thiophene rings is 1. The predicted octanol–water partition coefficient (Wildman–Crippen LogP) is 3.32. The van der Waals surface area contributed by atoms with Crippen LogP contribution in [0.25, 0.3) is 0 Å². The molecule has 76 valence electrons. The molecule has 0 aliphatic heterocycles. The Morgan fingerprint density at radius 3 is 2.53 bits per heavy atom. The molecule has 0 atom stereocenters. The molecule has 4 heteroatoms. The van der Waals surface area contributed by atoms with Crippen molar-refractivity contribution in [3.63, 3.8) is 0 Å². The third-order valence-electron chi connectivity index (χ3n) is 2.06. The van der Waals surface area contributed by atoms with Gasteiger partial charge in [0.15, 0.2) is 5.78 Å². The number of anilines is 1. The lowest BCUT2D eigenvalue weighted by Crippen LogP contribution is -2.03. The van der Waals surface area contributed by atoms with Gasteiger partial charge in [0, 0.05) is 10.0 Å². The van der Waals surface area contributed by atoms with Crippen molar-refractivity contribution in [2.45, 2.75) is 0 Å². The van der Waals surface area contributed by atoms with Crippen LogP contribution in [0.3, 0.4) is 0 Å². The smallest absolute Gasteiger partial charge is 0.197 e. The van der Waals surface area contributed by atoms with Gasteiger partial charge >= 0.3 is 0 Å². The summed E-state index contributed by atoms with van der Waals surface area (Å²) in [5.74, 6) is -0.0405. The van der Waals surface area contributed by atoms with Gasteiger partial charge in [0.25, 0.3) is 0 Å². The first kappa shape index (κ1) is 10.4. The molecule has 0 unspecified atom stereocenters. The van der Waals surface area contributed by atoms with E-state index in [1.807, 2.05) is 23.6 Å². The molecule has 0 aliphatic carbocycles. The minimum Gasteiger partial charge on any atom is -0.390 e. The summed E-state index contributed by atoms with van der Waals surface area (Å²) in [4.78, 5) is 12.0. The molecule has 2 N–H and O–H groups in total. The Labute approximate surface area is 99.9 Å². The van der Waals surface area contributed by atoms with Crippen LogP contribution < -0.4 is 5.73 Å². The Bertz CT molecular complexity index is 507. The molecule has 2 nitrogen and oxygen atoms in total. The average molecular weight is 282 g/mol. The lowest BCUT2D eigenvalue weighted by Gasteiger charge is -2.02. The zero-order chi connectivity index (χ0) is 10.8. The van der Waals surface area contributed by atoms with E-state index in [-0.39, 0.29) is 5.78 Å². The van der Waals surface area contributed by atoms with E-state index in [0.717, 1.165) is 4.47 Å². The van der Waals surface area contributed by atoms with Crippen molar-refractivity contribution in [2.24, 2.45) is 0 Å². The minimum absolute atomic E-state index is 0.0405. The second-order valence-corrected chi connectivity index (χ2v) is 4.81. The molecule has 1 heterocycles. The van der Waals surface area contributed by atoms with E-state index in [1.54, 1.807) is 12.1 Å². The van der Waals surface area contributed by atoms with Gasteiger partial charge in [-0.2, -0.15) is 0 Å². The molecule has 0 fully saturated rings. The number of nitrogen functional groups attached to an aromatic ring is 1. The number of hydrogen-bond donors (Lipinski definition) is 1. The molecule has 0 aliphatic rings. The molecule has 0 radical (unpaired) electrons. The highest BCUT2D eigenvalue weighted by molar-refractivity contribution is 9.10. The Morgan fingerprint density at radius 1 is 1.20 bits per heavy atom. The monoisotopic (exact) mass is 281 g/mol. The van der Waals surface area contributed by atoms with Crippen molar-refractivity contribution < 1.29 is 4.79 Å². The first-order chi connectivity index (χ1) is 7.20. The van der Waals surface area contributed by atoms with Crippen LogP contribution in [0.5, 0.6) is 0 Å². The van der Waals surface area contributed by atoms with Crippen LogP contribution in [-0.4, -0.2) is 5.78 Å². The van der Waals surface area contributed by atoms with Gasteiger partial charge in [0.2, 0.25) is 0 Å². The van der Waals surface area contributed by atoms with Crippen LogP contribution in [0.1, 0.15) is 15.9 Å². The molecule has 0 amide bonds. The van der Waals surface area contributed by atoms with Crippen molar-refractivity contribution >= 4 is 38.1 Å². The van der Waals surface area contributed by atoms with Gasteiger partial charge in [0.1, 0.15) is 0 Å². The summed E-state index contributed by atoms with van der Waals surface area (Å²) in [6.07, 6.45) is 0. The third kappa shape index (κ3) is 1.96. The summed E-state index contributed by atoms with van der Waals surface area (Å²) in [7, 11) is 0. The summed E-state index contributed by atoms with van der Waals surface area (Å²) in [5.41, 5.74) is 6.93. The average Bonchev–Trinajstić information content (AvgIpc) is 2.64. The van der Waals surface area contributed by atoms with Crippen LogP contribution in [0.2, 0.25) is 0 Å². The number of ketones is 1. The maximum atomic E-state index is 12.0. The highest BCUT2D eigenvalue weighted by Crippen LogP contribution is 2.25. The van der Waals surface area contributed by atoms with E-state index in [2.05, 4.69) is 15.9 Å². The van der Waals surface area contributed by atoms with Crippen molar-refractivity contribution in [3.8, 4) is 0 Å². The van der Waals surface area contributed by atoms with E-state index in [1.165, 1.54) is 11.3 Å². The van der Waals surface area contributed by atoms with E-state index in [4.69, 9.17) is 5.73 Å². The second kappa shape index (κ2) is 4.16. The van der Waals surface area contributed by atoms with E-state index in [0.29, 0.717) is 16.1 Å². The van der Waals surface area contributed by atoms with Crippen LogP contribution in [-0.2, 0) is 0 Å². The fraction of sp³-hybridized carbons (Fsp3) is 0. The molecule has 0 saturated heterocycles. The van der Waals surface area contributed by atoms with Gasteiger partial charge in [-0.3, -0.25) is 4.79 Å². The molecule has 2 rings (SSSR count). The predicted molar refractivity (Wildman–Crippen MR) is 66.3 cm³/mol. The van der Waals surface area contributed by atoms with E-state index in [9.17, 15) is 4.79 Å². The zero-order valence-electron chi connectivity index (χ0n) is 7.74. The molecule has 2 aromatic rings.